The second-order valence-corrected chi connectivity index (χ2v) is 8.67. The van der Waals surface area contributed by atoms with Gasteiger partial charge in [-0.3, -0.25) is 9.10 Å². The van der Waals surface area contributed by atoms with Crippen molar-refractivity contribution < 1.29 is 13.2 Å². The van der Waals surface area contributed by atoms with E-state index >= 15 is 0 Å². The minimum Gasteiger partial charge on any atom is -0.320 e. The molecule has 1 N–H and O–H groups in total. The highest BCUT2D eigenvalue weighted by atomic mass is 32.2. The predicted molar refractivity (Wildman–Crippen MR) is 114 cm³/mol. The summed E-state index contributed by atoms with van der Waals surface area (Å²) in [4.78, 5) is 12.7. The lowest BCUT2D eigenvalue weighted by Gasteiger charge is -2.21. The zero-order chi connectivity index (χ0) is 20.3. The van der Waals surface area contributed by atoms with Crippen LogP contribution < -0.4 is 9.62 Å². The molecule has 28 heavy (non-hydrogen) atoms. The number of amides is 1. The summed E-state index contributed by atoms with van der Waals surface area (Å²) in [5.74, 6) is -0.301. The molecule has 5 nitrogen and oxygen atoms in total. The summed E-state index contributed by atoms with van der Waals surface area (Å²) in [6.45, 7) is 2.01. The van der Waals surface area contributed by atoms with Gasteiger partial charge in [-0.25, -0.2) is 8.42 Å². The topological polar surface area (TPSA) is 66.5 Å². The van der Waals surface area contributed by atoms with Gasteiger partial charge in [0.25, 0.3) is 5.91 Å². The minimum absolute atomic E-state index is 0.301. The van der Waals surface area contributed by atoms with Gasteiger partial charge in [0.05, 0.1) is 17.6 Å². The maximum absolute atomic E-state index is 12.7. The van der Waals surface area contributed by atoms with Crippen molar-refractivity contribution in [1.29, 1.82) is 0 Å². The van der Waals surface area contributed by atoms with Crippen LogP contribution in [0.25, 0.3) is 11.1 Å². The lowest BCUT2D eigenvalue weighted by atomic mass is 10.0. The van der Waals surface area contributed by atoms with Crippen LogP contribution in [0.2, 0.25) is 0 Å². The van der Waals surface area contributed by atoms with Crippen LogP contribution in [0.15, 0.2) is 72.8 Å². The monoisotopic (exact) mass is 394 g/mol. The van der Waals surface area contributed by atoms with E-state index in [-0.39, 0.29) is 5.91 Å². The zero-order valence-corrected chi connectivity index (χ0v) is 16.8. The molecule has 0 aromatic heterocycles. The van der Waals surface area contributed by atoms with E-state index in [1.165, 1.54) is 7.05 Å². The number of carbonyl (C=O) groups is 1. The number of hydrogen-bond acceptors (Lipinski definition) is 3. The first-order chi connectivity index (χ1) is 13.3. The van der Waals surface area contributed by atoms with Crippen LogP contribution in [0.1, 0.15) is 15.9 Å². The van der Waals surface area contributed by atoms with E-state index in [0.29, 0.717) is 16.9 Å². The molecule has 6 heteroatoms. The summed E-state index contributed by atoms with van der Waals surface area (Å²) in [6, 6.07) is 22.1. The van der Waals surface area contributed by atoms with E-state index < -0.39 is 10.0 Å². The molecular formula is C22H22N2O3S. The van der Waals surface area contributed by atoms with Gasteiger partial charge in [0, 0.05) is 12.6 Å². The molecule has 3 rings (SSSR count). The van der Waals surface area contributed by atoms with Crippen LogP contribution in [0.4, 0.5) is 11.4 Å². The standard InChI is InChI=1S/C22H22N2O3S/c1-16-8-7-11-18(14-16)19-12-13-21(24(2)28(3,26)27)20(15-19)23-22(25)17-9-5-4-6-10-17/h4-15H,1-3H3,(H,23,25). The Hall–Kier alpha value is -3.12. The van der Waals surface area contributed by atoms with Gasteiger partial charge in [-0.1, -0.05) is 54.1 Å². The summed E-state index contributed by atoms with van der Waals surface area (Å²) < 4.78 is 25.3. The van der Waals surface area contributed by atoms with Crippen molar-refractivity contribution in [2.24, 2.45) is 0 Å². The van der Waals surface area contributed by atoms with Crippen molar-refractivity contribution in [2.75, 3.05) is 22.9 Å². The Labute approximate surface area is 165 Å². The van der Waals surface area contributed by atoms with Crippen LogP contribution in [0.3, 0.4) is 0 Å². The first-order valence-corrected chi connectivity index (χ1v) is 10.6. The molecule has 3 aromatic rings. The van der Waals surface area contributed by atoms with Gasteiger partial charge in [0.15, 0.2) is 0 Å². The normalized spacial score (nSPS) is 11.1. The van der Waals surface area contributed by atoms with Gasteiger partial charge >= 0.3 is 0 Å². The van der Waals surface area contributed by atoms with Crippen LogP contribution in [-0.2, 0) is 10.0 Å². The van der Waals surface area contributed by atoms with Gasteiger partial charge in [0.1, 0.15) is 0 Å². The number of hydrogen-bond donors (Lipinski definition) is 1. The molecule has 3 aromatic carbocycles. The Morgan fingerprint density at radius 3 is 2.21 bits per heavy atom. The zero-order valence-electron chi connectivity index (χ0n) is 16.0. The van der Waals surface area contributed by atoms with Crippen LogP contribution in [-0.4, -0.2) is 27.6 Å². The van der Waals surface area contributed by atoms with Crippen molar-refractivity contribution in [1.82, 2.24) is 0 Å². The number of nitrogens with one attached hydrogen (secondary N) is 1. The second-order valence-electron chi connectivity index (χ2n) is 6.65. The Bertz CT molecular complexity index is 1110. The number of rotatable bonds is 5. The number of benzene rings is 3. The number of sulfonamides is 1. The van der Waals surface area contributed by atoms with E-state index in [1.54, 1.807) is 36.4 Å². The third-order valence-corrected chi connectivity index (χ3v) is 5.66. The molecule has 0 heterocycles. The number of nitrogens with zero attached hydrogens (tertiary/aromatic N) is 1. The smallest absolute Gasteiger partial charge is 0.255 e. The fourth-order valence-electron chi connectivity index (χ4n) is 2.88. The second kappa shape index (κ2) is 7.86. The number of carbonyl (C=O) groups excluding carboxylic acids is 1. The molecule has 144 valence electrons. The van der Waals surface area contributed by atoms with Gasteiger partial charge in [0.2, 0.25) is 10.0 Å². The third-order valence-electron chi connectivity index (χ3n) is 4.47. The Morgan fingerprint density at radius 1 is 0.893 bits per heavy atom. The molecular weight excluding hydrogens is 372 g/mol. The first kappa shape index (κ1) is 19.6. The summed E-state index contributed by atoms with van der Waals surface area (Å²) in [7, 11) is -2.01. The Kier molecular flexibility index (Phi) is 5.51. The number of anilines is 2. The average molecular weight is 394 g/mol. The van der Waals surface area contributed by atoms with Crippen molar-refractivity contribution in [3.63, 3.8) is 0 Å². The predicted octanol–water partition coefficient (Wildman–Crippen LogP) is 4.31. The molecule has 0 fully saturated rings. The largest absolute Gasteiger partial charge is 0.320 e. The highest BCUT2D eigenvalue weighted by molar-refractivity contribution is 7.92. The molecule has 0 aliphatic rings. The fourth-order valence-corrected chi connectivity index (χ4v) is 3.39. The molecule has 0 aliphatic carbocycles. The molecule has 0 saturated heterocycles. The molecule has 0 atom stereocenters. The summed E-state index contributed by atoms with van der Waals surface area (Å²) in [5.41, 5.74) is 4.33. The maximum Gasteiger partial charge on any atom is 0.255 e. The van der Waals surface area contributed by atoms with E-state index in [9.17, 15) is 13.2 Å². The molecule has 0 spiro atoms. The highest BCUT2D eigenvalue weighted by Gasteiger charge is 2.18. The van der Waals surface area contributed by atoms with Gasteiger partial charge in [-0.15, -0.1) is 0 Å². The van der Waals surface area contributed by atoms with Crippen LogP contribution in [0.5, 0.6) is 0 Å². The van der Waals surface area contributed by atoms with E-state index in [1.807, 2.05) is 43.3 Å². The number of aryl methyl sites for hydroxylation is 1. The molecule has 0 bridgehead atoms. The van der Waals surface area contributed by atoms with E-state index in [2.05, 4.69) is 5.32 Å². The van der Waals surface area contributed by atoms with Crippen molar-refractivity contribution in [3.05, 3.63) is 83.9 Å². The minimum atomic E-state index is -3.48. The highest BCUT2D eigenvalue weighted by Crippen LogP contribution is 2.33. The van der Waals surface area contributed by atoms with Gasteiger partial charge < -0.3 is 5.32 Å². The fraction of sp³-hybridized carbons (Fsp3) is 0.136. The first-order valence-electron chi connectivity index (χ1n) is 8.77. The quantitative estimate of drug-likeness (QED) is 0.701. The van der Waals surface area contributed by atoms with Crippen LogP contribution in [0, 0.1) is 6.92 Å². The molecule has 1 amide bonds. The molecule has 0 unspecified atom stereocenters. The third kappa shape index (κ3) is 4.40. The van der Waals surface area contributed by atoms with E-state index in [0.717, 1.165) is 27.3 Å². The Morgan fingerprint density at radius 2 is 1.57 bits per heavy atom. The molecule has 0 aliphatic heterocycles. The van der Waals surface area contributed by atoms with Crippen molar-refractivity contribution >= 4 is 27.3 Å². The summed E-state index contributed by atoms with van der Waals surface area (Å²) in [6.07, 6.45) is 1.13. The summed E-state index contributed by atoms with van der Waals surface area (Å²) >= 11 is 0. The lowest BCUT2D eigenvalue weighted by molar-refractivity contribution is 0.102. The lowest BCUT2D eigenvalue weighted by Crippen LogP contribution is -2.26. The SMILES string of the molecule is Cc1cccc(-c2ccc(N(C)S(C)(=O)=O)c(NC(=O)c3ccccc3)c2)c1. The van der Waals surface area contributed by atoms with Crippen LogP contribution >= 0.6 is 0 Å². The molecule has 0 saturated carbocycles. The maximum atomic E-state index is 12.7. The molecule has 0 radical (unpaired) electrons. The summed E-state index contributed by atoms with van der Waals surface area (Å²) in [5, 5.41) is 2.86. The van der Waals surface area contributed by atoms with Gasteiger partial charge in [-0.05, 0) is 42.3 Å². The van der Waals surface area contributed by atoms with E-state index in [4.69, 9.17) is 0 Å². The Balaban J connectivity index is 2.07. The van der Waals surface area contributed by atoms with Crippen molar-refractivity contribution in [2.45, 2.75) is 6.92 Å². The van der Waals surface area contributed by atoms with Gasteiger partial charge in [-0.2, -0.15) is 0 Å². The van der Waals surface area contributed by atoms with Crippen molar-refractivity contribution in [3.8, 4) is 11.1 Å². The average Bonchev–Trinajstić information content (AvgIpc) is 2.67.